The van der Waals surface area contributed by atoms with Gasteiger partial charge in [-0.05, 0) is 31.0 Å². The lowest BCUT2D eigenvalue weighted by molar-refractivity contribution is -0.142. The molecule has 182 valence electrons. The second-order valence-electron chi connectivity index (χ2n) is 8.84. The van der Waals surface area contributed by atoms with Gasteiger partial charge in [-0.3, -0.25) is 14.5 Å². The summed E-state index contributed by atoms with van der Waals surface area (Å²) in [6.45, 7) is 0.739. The molecule has 0 saturated carbocycles. The van der Waals surface area contributed by atoms with Crippen LogP contribution in [0, 0.1) is 11.8 Å². The number of hydrogen-bond donors (Lipinski definition) is 2. The number of alkyl halides is 3. The Balaban J connectivity index is 1.70. The molecule has 0 aliphatic carbocycles. The number of rotatable bonds is 7. The number of likely N-dealkylation sites (tertiary alicyclic amines) is 1. The molecule has 2 aromatic rings. The van der Waals surface area contributed by atoms with E-state index in [0.29, 0.717) is 25.1 Å². The summed E-state index contributed by atoms with van der Waals surface area (Å²) in [5.74, 6) is -1.62. The molecule has 1 aromatic carbocycles. The molecule has 1 aromatic heterocycles. The Hall–Kier alpha value is -2.91. The number of aliphatic hydroxyl groups is 1. The third-order valence-corrected chi connectivity index (χ3v) is 6.80. The molecule has 4 rings (SSSR count). The van der Waals surface area contributed by atoms with E-state index in [9.17, 15) is 27.9 Å². The van der Waals surface area contributed by atoms with Crippen molar-refractivity contribution >= 4 is 12.0 Å². The second kappa shape index (κ2) is 9.76. The molecule has 9 heteroatoms. The van der Waals surface area contributed by atoms with Gasteiger partial charge in [0.2, 0.25) is 5.91 Å². The number of aliphatic hydroxyl groups excluding tert-OH is 1. The Labute approximate surface area is 195 Å². The predicted molar refractivity (Wildman–Crippen MR) is 122 cm³/mol. The zero-order chi connectivity index (χ0) is 24.5. The van der Waals surface area contributed by atoms with Gasteiger partial charge in [-0.2, -0.15) is 13.2 Å². The van der Waals surface area contributed by atoms with Crippen molar-refractivity contribution in [3.63, 3.8) is 0 Å². The monoisotopic (exact) mass is 475 g/mol. The number of pyridine rings is 1. The van der Waals surface area contributed by atoms with Crippen molar-refractivity contribution in [2.75, 3.05) is 19.7 Å². The molecule has 2 aliphatic rings. The van der Waals surface area contributed by atoms with Gasteiger partial charge in [0, 0.05) is 42.8 Å². The zero-order valence-corrected chi connectivity index (χ0v) is 18.8. The van der Waals surface area contributed by atoms with E-state index in [1.165, 1.54) is 0 Å². The first kappa shape index (κ1) is 24.2. The molecular weight excluding hydrogens is 447 g/mol. The van der Waals surface area contributed by atoms with E-state index >= 15 is 0 Å². The quantitative estimate of drug-likeness (QED) is 0.646. The van der Waals surface area contributed by atoms with Gasteiger partial charge in [-0.15, -0.1) is 0 Å². The standard InChI is InChI=1S/C25H28F3N3O3/c1-2-6-17-9-10-20-21-18(13-31(20)24(17)34)19(14-32)22(23(33)29-15-25(26,27)28)30(21)12-11-16-7-4-3-5-8-16/h2-10,18-19,21-22,32H,11-15H2,1H3,(H,29,33)/b6-2-/t18-,19-,21+,22-/m0/s1. The van der Waals surface area contributed by atoms with Gasteiger partial charge in [0.05, 0.1) is 12.1 Å². The maximum absolute atomic E-state index is 13.0. The molecule has 34 heavy (non-hydrogen) atoms. The normalized spacial score (nSPS) is 24.4. The van der Waals surface area contributed by atoms with E-state index in [4.69, 9.17) is 0 Å². The molecule has 1 fully saturated rings. The fourth-order valence-electron chi connectivity index (χ4n) is 5.38. The van der Waals surface area contributed by atoms with E-state index in [-0.39, 0.29) is 24.1 Å². The highest BCUT2D eigenvalue weighted by molar-refractivity contribution is 5.83. The molecule has 3 heterocycles. The van der Waals surface area contributed by atoms with E-state index < -0.39 is 30.6 Å². The maximum Gasteiger partial charge on any atom is 0.405 e. The largest absolute Gasteiger partial charge is 0.405 e. The topological polar surface area (TPSA) is 74.6 Å². The zero-order valence-electron chi connectivity index (χ0n) is 18.8. The number of carbonyl (C=O) groups is 1. The van der Waals surface area contributed by atoms with Crippen molar-refractivity contribution in [3.05, 3.63) is 75.7 Å². The highest BCUT2D eigenvalue weighted by Gasteiger charge is 2.55. The summed E-state index contributed by atoms with van der Waals surface area (Å²) < 4.78 is 40.1. The van der Waals surface area contributed by atoms with Gasteiger partial charge in [-0.1, -0.05) is 42.5 Å². The number of aromatic nitrogens is 1. The summed E-state index contributed by atoms with van der Waals surface area (Å²) in [6.07, 6.45) is -0.444. The lowest BCUT2D eigenvalue weighted by atomic mass is 9.88. The van der Waals surface area contributed by atoms with Crippen LogP contribution in [0.25, 0.3) is 6.08 Å². The highest BCUT2D eigenvalue weighted by Crippen LogP contribution is 2.49. The summed E-state index contributed by atoms with van der Waals surface area (Å²) in [5.41, 5.74) is 2.14. The van der Waals surface area contributed by atoms with Crippen LogP contribution in [0.3, 0.4) is 0 Å². The Kier molecular flexibility index (Phi) is 6.95. The Morgan fingerprint density at radius 3 is 2.59 bits per heavy atom. The first-order valence-electron chi connectivity index (χ1n) is 11.4. The van der Waals surface area contributed by atoms with Crippen molar-refractivity contribution in [2.24, 2.45) is 11.8 Å². The SMILES string of the molecule is C/C=C\c1ccc2n(c1=O)C[C@H]1[C@H](CO)[C@@H](C(=O)NCC(F)(F)F)N(CCc3ccccc3)[C@@H]21. The smallest absolute Gasteiger partial charge is 0.396 e. The molecule has 4 atom stereocenters. The van der Waals surface area contributed by atoms with Crippen LogP contribution in [0.1, 0.15) is 29.8 Å². The van der Waals surface area contributed by atoms with Gasteiger partial charge < -0.3 is 15.0 Å². The Morgan fingerprint density at radius 1 is 1.21 bits per heavy atom. The van der Waals surface area contributed by atoms with Crippen LogP contribution in [0.2, 0.25) is 0 Å². The van der Waals surface area contributed by atoms with Crippen LogP contribution < -0.4 is 10.9 Å². The van der Waals surface area contributed by atoms with E-state index in [1.807, 2.05) is 53.5 Å². The molecule has 2 N–H and O–H groups in total. The van der Waals surface area contributed by atoms with Gasteiger partial charge in [0.15, 0.2) is 0 Å². The van der Waals surface area contributed by atoms with E-state index in [0.717, 1.165) is 11.3 Å². The third kappa shape index (κ3) is 4.67. The number of nitrogens with one attached hydrogen (secondary N) is 1. The number of amides is 1. The highest BCUT2D eigenvalue weighted by atomic mass is 19.4. The van der Waals surface area contributed by atoms with Crippen LogP contribution in [-0.2, 0) is 17.8 Å². The molecule has 1 saturated heterocycles. The van der Waals surface area contributed by atoms with Crippen molar-refractivity contribution in [2.45, 2.75) is 38.1 Å². The fourth-order valence-corrected chi connectivity index (χ4v) is 5.38. The lowest BCUT2D eigenvalue weighted by Crippen LogP contribution is -2.50. The number of halogens is 3. The van der Waals surface area contributed by atoms with Crippen molar-refractivity contribution < 1.29 is 23.1 Å². The number of allylic oxidation sites excluding steroid dienone is 1. The summed E-state index contributed by atoms with van der Waals surface area (Å²) in [4.78, 5) is 27.9. The van der Waals surface area contributed by atoms with Gasteiger partial charge in [-0.25, -0.2) is 0 Å². The summed E-state index contributed by atoms with van der Waals surface area (Å²) in [7, 11) is 0. The summed E-state index contributed by atoms with van der Waals surface area (Å²) >= 11 is 0. The minimum Gasteiger partial charge on any atom is -0.396 e. The number of carbonyl (C=O) groups excluding carboxylic acids is 1. The molecule has 0 unspecified atom stereocenters. The van der Waals surface area contributed by atoms with Crippen LogP contribution >= 0.6 is 0 Å². The van der Waals surface area contributed by atoms with E-state index in [2.05, 4.69) is 0 Å². The maximum atomic E-state index is 13.0. The molecular formula is C25H28F3N3O3. The fraction of sp³-hybridized carbons (Fsp3) is 0.440. The predicted octanol–water partition coefficient (Wildman–Crippen LogP) is 2.77. The molecule has 2 aliphatic heterocycles. The number of nitrogens with zero attached hydrogens (tertiary/aromatic N) is 2. The third-order valence-electron chi connectivity index (χ3n) is 6.80. The Morgan fingerprint density at radius 2 is 1.94 bits per heavy atom. The molecule has 6 nitrogen and oxygen atoms in total. The van der Waals surface area contributed by atoms with Gasteiger partial charge in [0.25, 0.3) is 5.56 Å². The number of hydrogen-bond acceptors (Lipinski definition) is 4. The van der Waals surface area contributed by atoms with Crippen LogP contribution in [0.4, 0.5) is 13.2 Å². The van der Waals surface area contributed by atoms with Crippen LogP contribution in [-0.4, -0.2) is 52.4 Å². The van der Waals surface area contributed by atoms with Crippen molar-refractivity contribution in [3.8, 4) is 0 Å². The first-order chi connectivity index (χ1) is 16.2. The minimum absolute atomic E-state index is 0.150. The average molecular weight is 476 g/mol. The van der Waals surface area contributed by atoms with E-state index in [1.54, 1.807) is 22.8 Å². The summed E-state index contributed by atoms with van der Waals surface area (Å²) in [6, 6.07) is 11.9. The number of fused-ring (bicyclic) bond motifs is 3. The van der Waals surface area contributed by atoms with Crippen LogP contribution in [0.5, 0.6) is 0 Å². The van der Waals surface area contributed by atoms with Crippen LogP contribution in [0.15, 0.2) is 53.3 Å². The molecule has 0 spiro atoms. The van der Waals surface area contributed by atoms with Gasteiger partial charge >= 0.3 is 6.18 Å². The average Bonchev–Trinajstić information content (AvgIpc) is 3.33. The minimum atomic E-state index is -4.53. The molecule has 0 radical (unpaired) electrons. The Bertz CT molecular complexity index is 1110. The van der Waals surface area contributed by atoms with Gasteiger partial charge in [0.1, 0.15) is 6.54 Å². The van der Waals surface area contributed by atoms with Crippen molar-refractivity contribution in [1.82, 2.24) is 14.8 Å². The summed E-state index contributed by atoms with van der Waals surface area (Å²) in [5, 5.41) is 12.2. The second-order valence-corrected chi connectivity index (χ2v) is 8.84. The number of benzene rings is 1. The molecule has 0 bridgehead atoms. The molecule has 1 amide bonds. The first-order valence-corrected chi connectivity index (χ1v) is 11.4. The van der Waals surface area contributed by atoms with Crippen molar-refractivity contribution in [1.29, 1.82) is 0 Å². The lowest BCUT2D eigenvalue weighted by Gasteiger charge is -2.31.